The summed E-state index contributed by atoms with van der Waals surface area (Å²) in [6.07, 6.45) is 1.74. The fraction of sp³-hybridized carbons (Fsp3) is 0.176. The first-order valence-corrected chi connectivity index (χ1v) is 9.70. The summed E-state index contributed by atoms with van der Waals surface area (Å²) >= 11 is 2.93. The Morgan fingerprint density at radius 2 is 2.12 bits per heavy atom. The van der Waals surface area contributed by atoms with Crippen LogP contribution in [-0.4, -0.2) is 25.9 Å². The molecule has 6 nitrogen and oxygen atoms in total. The molecule has 0 bridgehead atoms. The predicted octanol–water partition coefficient (Wildman–Crippen LogP) is 3.42. The zero-order valence-corrected chi connectivity index (χ0v) is 15.1. The molecule has 3 heterocycles. The highest BCUT2D eigenvalue weighted by Gasteiger charge is 2.09. The van der Waals surface area contributed by atoms with Crippen LogP contribution in [0.25, 0.3) is 15.9 Å². The number of thiazole rings is 1. The minimum absolute atomic E-state index is 0.0605. The third-order valence-corrected chi connectivity index (χ3v) is 5.27. The molecule has 126 valence electrons. The van der Waals surface area contributed by atoms with Crippen LogP contribution in [0.3, 0.4) is 0 Å². The molecule has 0 aliphatic heterocycles. The number of hydrogen-bond acceptors (Lipinski definition) is 7. The molecule has 0 fully saturated rings. The van der Waals surface area contributed by atoms with Gasteiger partial charge in [0.25, 0.3) is 5.56 Å². The van der Waals surface area contributed by atoms with Gasteiger partial charge in [0.15, 0.2) is 10.1 Å². The fourth-order valence-electron chi connectivity index (χ4n) is 2.52. The number of aromatic nitrogens is 4. The van der Waals surface area contributed by atoms with Gasteiger partial charge in [-0.15, -0.1) is 11.3 Å². The molecule has 4 rings (SSSR count). The lowest BCUT2D eigenvalue weighted by molar-refractivity contribution is 0.986. The van der Waals surface area contributed by atoms with Gasteiger partial charge in [-0.1, -0.05) is 23.9 Å². The molecule has 0 aliphatic rings. The minimum Gasteiger partial charge on any atom is -0.370 e. The van der Waals surface area contributed by atoms with Crippen LogP contribution >= 0.6 is 23.1 Å². The monoisotopic (exact) mass is 369 g/mol. The van der Waals surface area contributed by atoms with Crippen LogP contribution in [0.4, 0.5) is 5.82 Å². The lowest BCUT2D eigenvalue weighted by Gasteiger charge is -2.09. The first-order chi connectivity index (χ1) is 12.2. The van der Waals surface area contributed by atoms with E-state index in [1.165, 1.54) is 23.1 Å². The summed E-state index contributed by atoms with van der Waals surface area (Å²) in [5, 5.41) is 6.82. The summed E-state index contributed by atoms with van der Waals surface area (Å²) in [6.45, 7) is 2.83. The maximum Gasteiger partial charge on any atom is 0.258 e. The molecule has 8 heteroatoms. The second-order valence-electron chi connectivity index (χ2n) is 5.33. The Morgan fingerprint density at radius 1 is 1.24 bits per heavy atom. The van der Waals surface area contributed by atoms with E-state index in [2.05, 4.69) is 20.3 Å². The number of hydrogen-bond donors (Lipinski definition) is 1. The Hall–Kier alpha value is -2.45. The third kappa shape index (κ3) is 3.22. The van der Waals surface area contributed by atoms with Crippen molar-refractivity contribution in [3.8, 4) is 0 Å². The van der Waals surface area contributed by atoms with Crippen molar-refractivity contribution in [3.05, 3.63) is 58.0 Å². The van der Waals surface area contributed by atoms with Crippen molar-refractivity contribution >= 4 is 44.8 Å². The molecule has 4 aromatic rings. The maximum absolute atomic E-state index is 12.1. The van der Waals surface area contributed by atoms with E-state index in [0.29, 0.717) is 15.9 Å². The van der Waals surface area contributed by atoms with E-state index in [0.717, 1.165) is 29.0 Å². The molecule has 0 aliphatic carbocycles. The Morgan fingerprint density at radius 3 is 3.00 bits per heavy atom. The molecule has 1 N–H and O–H groups in total. The molecule has 0 unspecified atom stereocenters. The van der Waals surface area contributed by atoms with E-state index in [1.54, 1.807) is 16.7 Å². The van der Waals surface area contributed by atoms with E-state index < -0.39 is 0 Å². The zero-order valence-electron chi connectivity index (χ0n) is 13.5. The predicted molar refractivity (Wildman–Crippen MR) is 103 cm³/mol. The molecule has 0 atom stereocenters. The van der Waals surface area contributed by atoms with Gasteiger partial charge in [0, 0.05) is 35.3 Å². The van der Waals surface area contributed by atoms with Gasteiger partial charge in [0.2, 0.25) is 0 Å². The molecule has 0 saturated carbocycles. The van der Waals surface area contributed by atoms with Crippen LogP contribution in [-0.2, 0) is 5.75 Å². The highest BCUT2D eigenvalue weighted by Crippen LogP contribution is 2.26. The second kappa shape index (κ2) is 6.81. The highest BCUT2D eigenvalue weighted by atomic mass is 32.2. The van der Waals surface area contributed by atoms with Crippen molar-refractivity contribution < 1.29 is 0 Å². The number of rotatable bonds is 5. The number of nitrogens with one attached hydrogen (secondary N) is 1. The van der Waals surface area contributed by atoms with Gasteiger partial charge in [-0.2, -0.15) is 0 Å². The first-order valence-electron chi connectivity index (χ1n) is 7.84. The van der Waals surface area contributed by atoms with E-state index in [1.807, 2.05) is 36.6 Å². The molecule has 0 amide bonds. The lowest BCUT2D eigenvalue weighted by atomic mass is 10.2. The van der Waals surface area contributed by atoms with Gasteiger partial charge in [-0.3, -0.25) is 9.20 Å². The smallest absolute Gasteiger partial charge is 0.258 e. The SMILES string of the molecule is CCNc1nc(SCc2cc(=O)n3ccsc3n2)nc2ccccc12. The molecule has 0 saturated heterocycles. The third-order valence-electron chi connectivity index (χ3n) is 3.63. The minimum atomic E-state index is -0.0605. The van der Waals surface area contributed by atoms with Crippen LogP contribution in [0, 0.1) is 0 Å². The van der Waals surface area contributed by atoms with Crippen molar-refractivity contribution in [1.29, 1.82) is 0 Å². The van der Waals surface area contributed by atoms with Gasteiger partial charge in [-0.05, 0) is 19.1 Å². The lowest BCUT2D eigenvalue weighted by Crippen LogP contribution is -2.12. The van der Waals surface area contributed by atoms with Crippen molar-refractivity contribution in [3.63, 3.8) is 0 Å². The normalized spacial score (nSPS) is 11.2. The summed E-state index contributed by atoms with van der Waals surface area (Å²) in [4.78, 5) is 26.5. The number of nitrogens with zero attached hydrogens (tertiary/aromatic N) is 4. The van der Waals surface area contributed by atoms with Crippen molar-refractivity contribution in [2.75, 3.05) is 11.9 Å². The van der Waals surface area contributed by atoms with Crippen LogP contribution in [0.2, 0.25) is 0 Å². The summed E-state index contributed by atoms with van der Waals surface area (Å²) in [7, 11) is 0. The standard InChI is InChI=1S/C17H15N5OS2/c1-2-18-15-12-5-3-4-6-13(12)20-16(21-15)25-10-11-9-14(23)22-7-8-24-17(22)19-11/h3-9H,2,10H2,1H3,(H,18,20,21). The number of para-hydroxylation sites is 1. The summed E-state index contributed by atoms with van der Waals surface area (Å²) in [5.74, 6) is 1.38. The van der Waals surface area contributed by atoms with E-state index in [9.17, 15) is 4.79 Å². The van der Waals surface area contributed by atoms with Crippen molar-refractivity contribution in [2.24, 2.45) is 0 Å². The molecular weight excluding hydrogens is 354 g/mol. The molecule has 0 spiro atoms. The zero-order chi connectivity index (χ0) is 17.2. The Labute approximate surface area is 152 Å². The Balaban J connectivity index is 1.64. The number of anilines is 1. The van der Waals surface area contributed by atoms with Crippen LogP contribution < -0.4 is 10.9 Å². The van der Waals surface area contributed by atoms with Crippen LogP contribution in [0.5, 0.6) is 0 Å². The van der Waals surface area contributed by atoms with E-state index >= 15 is 0 Å². The first kappa shape index (κ1) is 16.0. The number of fused-ring (bicyclic) bond motifs is 2. The van der Waals surface area contributed by atoms with Gasteiger partial charge >= 0.3 is 0 Å². The van der Waals surface area contributed by atoms with Gasteiger partial charge in [-0.25, -0.2) is 15.0 Å². The second-order valence-corrected chi connectivity index (χ2v) is 7.15. The van der Waals surface area contributed by atoms with Gasteiger partial charge in [0.1, 0.15) is 5.82 Å². The summed E-state index contributed by atoms with van der Waals surface area (Å²) in [6, 6.07) is 9.50. The summed E-state index contributed by atoms with van der Waals surface area (Å²) < 4.78 is 1.55. The van der Waals surface area contributed by atoms with Crippen molar-refractivity contribution in [2.45, 2.75) is 17.8 Å². The maximum atomic E-state index is 12.1. The van der Waals surface area contributed by atoms with E-state index in [4.69, 9.17) is 0 Å². The van der Waals surface area contributed by atoms with Crippen molar-refractivity contribution in [1.82, 2.24) is 19.4 Å². The Bertz CT molecular complexity index is 1110. The Kier molecular flexibility index (Phi) is 4.37. The average molecular weight is 369 g/mol. The van der Waals surface area contributed by atoms with Gasteiger partial charge < -0.3 is 5.32 Å². The van der Waals surface area contributed by atoms with Crippen LogP contribution in [0.15, 0.2) is 51.9 Å². The van der Waals surface area contributed by atoms with E-state index in [-0.39, 0.29) is 5.56 Å². The highest BCUT2D eigenvalue weighted by molar-refractivity contribution is 7.98. The van der Waals surface area contributed by atoms with Gasteiger partial charge in [0.05, 0.1) is 11.2 Å². The topological polar surface area (TPSA) is 72.2 Å². The molecular formula is C17H15N5OS2. The molecule has 3 aromatic heterocycles. The molecule has 1 aromatic carbocycles. The average Bonchev–Trinajstić information content (AvgIpc) is 3.09. The molecule has 0 radical (unpaired) electrons. The quantitative estimate of drug-likeness (QED) is 0.429. The fourth-order valence-corrected chi connectivity index (χ4v) is 4.00. The number of benzene rings is 1. The largest absolute Gasteiger partial charge is 0.370 e. The summed E-state index contributed by atoms with van der Waals surface area (Å²) in [5.41, 5.74) is 1.58. The van der Waals surface area contributed by atoms with Crippen LogP contribution in [0.1, 0.15) is 12.6 Å². The number of thioether (sulfide) groups is 1. The molecule has 25 heavy (non-hydrogen) atoms.